The highest BCUT2D eigenvalue weighted by molar-refractivity contribution is 8.00. The van der Waals surface area contributed by atoms with Gasteiger partial charge in [0.05, 0.1) is 23.6 Å². The maximum absolute atomic E-state index is 13.1. The first kappa shape index (κ1) is 21.6. The largest absolute Gasteiger partial charge is 0.465 e. The van der Waals surface area contributed by atoms with Gasteiger partial charge in [-0.05, 0) is 26.3 Å². The fraction of sp³-hybridized carbons (Fsp3) is 0.273. The van der Waals surface area contributed by atoms with Gasteiger partial charge >= 0.3 is 5.97 Å². The number of ether oxygens (including phenoxy) is 1. The number of hydrogen-bond acceptors (Lipinski definition) is 6. The lowest BCUT2D eigenvalue weighted by Crippen LogP contribution is -2.16. The molecule has 1 aromatic carbocycles. The molecule has 30 heavy (non-hydrogen) atoms. The lowest BCUT2D eigenvalue weighted by Gasteiger charge is -2.12. The van der Waals surface area contributed by atoms with Gasteiger partial charge in [0.2, 0.25) is 0 Å². The molecule has 1 N–H and O–H groups in total. The van der Waals surface area contributed by atoms with E-state index in [0.29, 0.717) is 34.2 Å². The number of aromatic amines is 1. The predicted octanol–water partition coefficient (Wildman–Crippen LogP) is 4.23. The van der Waals surface area contributed by atoms with Gasteiger partial charge in [-0.25, -0.2) is 4.79 Å². The molecule has 0 aliphatic heterocycles. The van der Waals surface area contributed by atoms with Crippen LogP contribution in [-0.4, -0.2) is 43.9 Å². The lowest BCUT2D eigenvalue weighted by atomic mass is 10.1. The molecule has 156 valence electrons. The summed E-state index contributed by atoms with van der Waals surface area (Å²) in [6.07, 6.45) is 1.77. The molecule has 2 aromatic heterocycles. The molecule has 0 amide bonds. The topological polar surface area (TPSA) is 89.9 Å². The number of nitrogens with one attached hydrogen (secondary N) is 1. The molecule has 0 fully saturated rings. The van der Waals surface area contributed by atoms with Crippen molar-refractivity contribution in [3.8, 4) is 11.4 Å². The summed E-state index contributed by atoms with van der Waals surface area (Å²) >= 11 is 1.32. The van der Waals surface area contributed by atoms with Gasteiger partial charge in [-0.2, -0.15) is 0 Å². The van der Waals surface area contributed by atoms with Gasteiger partial charge in [0.1, 0.15) is 0 Å². The standard InChI is InChI=1S/C22H24N4O3S/c1-6-12-26-20(16-10-8-7-9-11-16)24-25-22(26)30-15(4)19(27)18-13(2)17(14(3)23-18)21(28)29-5/h6-11,15,23H,1,12H2,2-5H3/t15-/m0/s1. The highest BCUT2D eigenvalue weighted by atomic mass is 32.2. The molecule has 2 heterocycles. The summed E-state index contributed by atoms with van der Waals surface area (Å²) in [5, 5.41) is 8.82. The van der Waals surface area contributed by atoms with E-state index in [9.17, 15) is 9.59 Å². The average Bonchev–Trinajstić information content (AvgIpc) is 3.28. The Balaban J connectivity index is 1.89. The summed E-state index contributed by atoms with van der Waals surface area (Å²) in [5.41, 5.74) is 2.96. The number of aromatic nitrogens is 4. The molecule has 8 heteroatoms. The molecule has 0 saturated carbocycles. The second-order valence-corrected chi connectivity index (χ2v) is 8.12. The number of benzene rings is 1. The van der Waals surface area contributed by atoms with Crippen LogP contribution in [0.4, 0.5) is 0 Å². The van der Waals surface area contributed by atoms with Crippen LogP contribution < -0.4 is 0 Å². The number of allylic oxidation sites excluding steroid dienone is 1. The Bertz CT molecular complexity index is 1090. The number of Topliss-reactive ketones (excluding diaryl/α,β-unsaturated/α-hetero) is 1. The van der Waals surface area contributed by atoms with Crippen molar-refractivity contribution in [3.63, 3.8) is 0 Å². The monoisotopic (exact) mass is 424 g/mol. The average molecular weight is 425 g/mol. The molecule has 1 atom stereocenters. The first-order valence-corrected chi connectivity index (χ1v) is 10.3. The highest BCUT2D eigenvalue weighted by Gasteiger charge is 2.27. The summed E-state index contributed by atoms with van der Waals surface area (Å²) in [6, 6.07) is 9.75. The SMILES string of the molecule is C=CCn1c(S[C@@H](C)C(=O)c2[nH]c(C)c(C(=O)OC)c2C)nnc1-c1ccccc1. The third-order valence-electron chi connectivity index (χ3n) is 4.79. The van der Waals surface area contributed by atoms with E-state index < -0.39 is 11.2 Å². The first-order chi connectivity index (χ1) is 14.4. The van der Waals surface area contributed by atoms with Crippen molar-refractivity contribution in [3.05, 3.63) is 65.5 Å². The van der Waals surface area contributed by atoms with Gasteiger partial charge in [-0.15, -0.1) is 16.8 Å². The number of hydrogen-bond donors (Lipinski definition) is 1. The Morgan fingerprint density at radius 2 is 1.97 bits per heavy atom. The van der Waals surface area contributed by atoms with Crippen molar-refractivity contribution in [2.45, 2.75) is 37.7 Å². The molecule has 3 rings (SSSR count). The molecule has 0 aliphatic rings. The van der Waals surface area contributed by atoms with Gasteiger partial charge in [-0.3, -0.25) is 9.36 Å². The Morgan fingerprint density at radius 1 is 1.27 bits per heavy atom. The molecule has 0 radical (unpaired) electrons. The van der Waals surface area contributed by atoms with E-state index in [1.165, 1.54) is 18.9 Å². The maximum Gasteiger partial charge on any atom is 0.339 e. The van der Waals surface area contributed by atoms with Crippen molar-refractivity contribution >= 4 is 23.5 Å². The summed E-state index contributed by atoms with van der Waals surface area (Å²) < 4.78 is 6.76. The molecule has 0 aliphatic carbocycles. The summed E-state index contributed by atoms with van der Waals surface area (Å²) in [7, 11) is 1.32. The second-order valence-electron chi connectivity index (χ2n) is 6.81. The second kappa shape index (κ2) is 9.13. The summed E-state index contributed by atoms with van der Waals surface area (Å²) in [5.74, 6) is 0.140. The Kier molecular flexibility index (Phi) is 6.56. The number of ketones is 1. The predicted molar refractivity (Wildman–Crippen MR) is 117 cm³/mol. The Labute approximate surface area is 179 Å². The van der Waals surface area contributed by atoms with E-state index >= 15 is 0 Å². The number of methoxy groups -OCH3 is 1. The summed E-state index contributed by atoms with van der Waals surface area (Å²) in [6.45, 7) is 9.65. The number of carbonyl (C=O) groups excluding carboxylic acids is 2. The van der Waals surface area contributed by atoms with Gasteiger partial charge in [0, 0.05) is 17.8 Å². The zero-order valence-corrected chi connectivity index (χ0v) is 18.2. The van der Waals surface area contributed by atoms with Crippen molar-refractivity contribution < 1.29 is 14.3 Å². The van der Waals surface area contributed by atoms with E-state index in [-0.39, 0.29) is 5.78 Å². The van der Waals surface area contributed by atoms with Crippen molar-refractivity contribution in [1.82, 2.24) is 19.7 Å². The van der Waals surface area contributed by atoms with Crippen LogP contribution in [-0.2, 0) is 11.3 Å². The van der Waals surface area contributed by atoms with Crippen LogP contribution in [0.2, 0.25) is 0 Å². The van der Waals surface area contributed by atoms with E-state index in [4.69, 9.17) is 4.74 Å². The molecular formula is C22H24N4O3S. The van der Waals surface area contributed by atoms with Crippen LogP contribution in [0, 0.1) is 13.8 Å². The zero-order chi connectivity index (χ0) is 21.8. The van der Waals surface area contributed by atoms with Gasteiger partial charge in [0.25, 0.3) is 0 Å². The fourth-order valence-electron chi connectivity index (χ4n) is 3.29. The Hall–Kier alpha value is -3.13. The molecule has 0 saturated heterocycles. The normalized spacial score (nSPS) is 11.9. The third-order valence-corrected chi connectivity index (χ3v) is 5.87. The maximum atomic E-state index is 13.1. The number of carbonyl (C=O) groups is 2. The molecular weight excluding hydrogens is 400 g/mol. The smallest absolute Gasteiger partial charge is 0.339 e. The third kappa shape index (κ3) is 4.09. The van der Waals surface area contributed by atoms with Crippen molar-refractivity contribution in [1.29, 1.82) is 0 Å². The van der Waals surface area contributed by atoms with Crippen molar-refractivity contribution in [2.75, 3.05) is 7.11 Å². The van der Waals surface area contributed by atoms with E-state index in [1.807, 2.05) is 41.8 Å². The number of esters is 1. The zero-order valence-electron chi connectivity index (χ0n) is 17.4. The number of nitrogens with zero attached hydrogens (tertiary/aromatic N) is 3. The lowest BCUT2D eigenvalue weighted by molar-refractivity contribution is 0.0599. The number of thioether (sulfide) groups is 1. The van der Waals surface area contributed by atoms with Crippen LogP contribution in [0.15, 0.2) is 48.1 Å². The molecule has 3 aromatic rings. The van der Waals surface area contributed by atoms with E-state index in [2.05, 4.69) is 21.8 Å². The van der Waals surface area contributed by atoms with Crippen LogP contribution in [0.5, 0.6) is 0 Å². The van der Waals surface area contributed by atoms with Crippen LogP contribution in [0.25, 0.3) is 11.4 Å². The van der Waals surface area contributed by atoms with Crippen molar-refractivity contribution in [2.24, 2.45) is 0 Å². The van der Waals surface area contributed by atoms with Crippen LogP contribution >= 0.6 is 11.8 Å². The summed E-state index contributed by atoms with van der Waals surface area (Å²) in [4.78, 5) is 28.2. The first-order valence-electron chi connectivity index (χ1n) is 9.46. The highest BCUT2D eigenvalue weighted by Crippen LogP contribution is 2.30. The van der Waals surface area contributed by atoms with Gasteiger partial charge in [0.15, 0.2) is 16.8 Å². The minimum Gasteiger partial charge on any atom is -0.465 e. The van der Waals surface area contributed by atoms with Gasteiger partial charge in [-0.1, -0.05) is 48.2 Å². The van der Waals surface area contributed by atoms with E-state index in [0.717, 1.165) is 11.4 Å². The van der Waals surface area contributed by atoms with Crippen LogP contribution in [0.1, 0.15) is 39.0 Å². The molecule has 0 spiro atoms. The molecule has 7 nitrogen and oxygen atoms in total. The minimum absolute atomic E-state index is 0.120. The number of rotatable bonds is 8. The number of aryl methyl sites for hydroxylation is 1. The van der Waals surface area contributed by atoms with Gasteiger partial charge < -0.3 is 9.72 Å². The quantitative estimate of drug-likeness (QED) is 0.252. The van der Waals surface area contributed by atoms with Crippen LogP contribution in [0.3, 0.4) is 0 Å². The fourth-order valence-corrected chi connectivity index (χ4v) is 4.21. The van der Waals surface area contributed by atoms with E-state index in [1.54, 1.807) is 19.9 Å². The Morgan fingerprint density at radius 3 is 2.60 bits per heavy atom. The number of H-pyrrole nitrogens is 1. The minimum atomic E-state index is -0.459. The molecule has 0 bridgehead atoms. The molecule has 0 unspecified atom stereocenters.